The van der Waals surface area contributed by atoms with Crippen LogP contribution in [0.25, 0.3) is 16.7 Å². The second-order valence-electron chi connectivity index (χ2n) is 7.49. The van der Waals surface area contributed by atoms with Crippen molar-refractivity contribution in [3.63, 3.8) is 0 Å². The molecule has 10 nitrogen and oxygen atoms in total. The van der Waals surface area contributed by atoms with Gasteiger partial charge in [0.2, 0.25) is 5.95 Å². The molecule has 1 aliphatic heterocycles. The fourth-order valence-electron chi connectivity index (χ4n) is 3.58. The third kappa shape index (κ3) is 4.03. The molecule has 4 N–H and O–H groups in total. The fourth-order valence-corrected chi connectivity index (χ4v) is 4.14. The Morgan fingerprint density at radius 2 is 1.94 bits per heavy atom. The summed E-state index contributed by atoms with van der Waals surface area (Å²) in [6.45, 7) is -0.0838. The number of hydrogen-bond donors (Lipinski definition) is 4. The second-order valence-corrected chi connectivity index (χ2v) is 8.31. The van der Waals surface area contributed by atoms with Gasteiger partial charge in [0.1, 0.15) is 5.49 Å². The van der Waals surface area contributed by atoms with Crippen LogP contribution in [0.15, 0.2) is 58.6 Å². The monoisotopic (exact) mass is 497 g/mol. The maximum Gasteiger partial charge on any atom is 0.333 e. The molecule has 0 saturated heterocycles. The van der Waals surface area contributed by atoms with Gasteiger partial charge in [-0.05, 0) is 29.8 Å². The van der Waals surface area contributed by atoms with Crippen LogP contribution in [-0.2, 0) is 4.84 Å². The molecule has 1 aliphatic rings. The first kappa shape index (κ1) is 22.1. The Bertz CT molecular complexity index is 1530. The highest BCUT2D eigenvalue weighted by Gasteiger charge is 2.21. The van der Waals surface area contributed by atoms with Gasteiger partial charge in [-0.15, -0.1) is 0 Å². The standard InChI is InChI=1S/C22H17Cl2N7O3/c23-15-2-1-3-16(24)18(15)31-19(25)14-9-26-21(28-20(14)29-22(31)33)27-12-6-4-11(5-7-12)17-8-13(10-32)34-30-17/h1-7,9,13,25,32H,8,10H2,(H2,26,27,28,29,33). The summed E-state index contributed by atoms with van der Waals surface area (Å²) in [5.74, 6) is 0.241. The van der Waals surface area contributed by atoms with Crippen molar-refractivity contribution in [3.05, 3.63) is 80.2 Å². The lowest BCUT2D eigenvalue weighted by molar-refractivity contribution is 0.0390. The van der Waals surface area contributed by atoms with Crippen LogP contribution in [-0.4, -0.2) is 43.0 Å². The largest absolute Gasteiger partial charge is 0.392 e. The molecule has 5 rings (SSSR count). The van der Waals surface area contributed by atoms with Crippen molar-refractivity contribution in [1.82, 2.24) is 19.5 Å². The number of aliphatic hydroxyl groups excluding tert-OH is 1. The third-order valence-corrected chi connectivity index (χ3v) is 5.88. The van der Waals surface area contributed by atoms with Crippen molar-refractivity contribution in [3.8, 4) is 5.69 Å². The van der Waals surface area contributed by atoms with E-state index in [1.165, 1.54) is 6.20 Å². The van der Waals surface area contributed by atoms with Gasteiger partial charge >= 0.3 is 5.69 Å². The maximum atomic E-state index is 12.8. The number of benzene rings is 2. The van der Waals surface area contributed by atoms with Crippen LogP contribution in [0.2, 0.25) is 10.0 Å². The SMILES string of the molecule is N=c1c2cnc(Nc3ccc(C4=NOC(CO)C4)cc3)nc2[nH]c(=O)n1-c1c(Cl)cccc1Cl. The number of halogens is 2. The fraction of sp³-hybridized carbons (Fsp3) is 0.136. The Labute approximate surface area is 202 Å². The number of rotatable bonds is 5. The minimum Gasteiger partial charge on any atom is -0.392 e. The maximum absolute atomic E-state index is 12.8. The van der Waals surface area contributed by atoms with E-state index in [0.717, 1.165) is 15.8 Å². The molecule has 3 heterocycles. The van der Waals surface area contributed by atoms with Gasteiger partial charge < -0.3 is 15.3 Å². The van der Waals surface area contributed by atoms with Crippen LogP contribution in [0.1, 0.15) is 12.0 Å². The molecule has 0 fully saturated rings. The quantitative estimate of drug-likeness (QED) is 0.333. The van der Waals surface area contributed by atoms with Gasteiger partial charge in [0.15, 0.2) is 11.8 Å². The van der Waals surface area contributed by atoms with Gasteiger partial charge in [-0.25, -0.2) is 14.3 Å². The number of aromatic amines is 1. The molecule has 2 aromatic carbocycles. The lowest BCUT2D eigenvalue weighted by atomic mass is 10.1. The number of oxime groups is 1. The molecular formula is C22H17Cl2N7O3. The van der Waals surface area contributed by atoms with Gasteiger partial charge in [-0.2, -0.15) is 4.98 Å². The molecule has 0 saturated carbocycles. The number of fused-ring (bicyclic) bond motifs is 1. The number of H-pyrrole nitrogens is 1. The summed E-state index contributed by atoms with van der Waals surface area (Å²) < 4.78 is 1.08. The van der Waals surface area contributed by atoms with E-state index in [0.29, 0.717) is 17.5 Å². The van der Waals surface area contributed by atoms with Crippen LogP contribution in [0.3, 0.4) is 0 Å². The van der Waals surface area contributed by atoms with Gasteiger partial charge in [0.25, 0.3) is 0 Å². The first-order valence-electron chi connectivity index (χ1n) is 10.2. The summed E-state index contributed by atoms with van der Waals surface area (Å²) in [5, 5.41) is 25.6. The highest BCUT2D eigenvalue weighted by Crippen LogP contribution is 2.26. The van der Waals surface area contributed by atoms with Crippen molar-refractivity contribution >= 4 is 51.6 Å². The predicted molar refractivity (Wildman–Crippen MR) is 128 cm³/mol. The van der Waals surface area contributed by atoms with Crippen molar-refractivity contribution in [1.29, 1.82) is 5.41 Å². The zero-order chi connectivity index (χ0) is 23.8. The number of nitrogens with zero attached hydrogens (tertiary/aromatic N) is 4. The molecule has 0 spiro atoms. The lowest BCUT2D eigenvalue weighted by Crippen LogP contribution is -2.34. The molecular weight excluding hydrogens is 481 g/mol. The van der Waals surface area contributed by atoms with Crippen molar-refractivity contribution < 1.29 is 9.94 Å². The Morgan fingerprint density at radius 3 is 2.62 bits per heavy atom. The van der Waals surface area contributed by atoms with E-state index in [4.69, 9.17) is 33.4 Å². The second kappa shape index (κ2) is 8.90. The van der Waals surface area contributed by atoms with Crippen LogP contribution in [0.4, 0.5) is 11.6 Å². The summed E-state index contributed by atoms with van der Waals surface area (Å²) in [6.07, 6.45) is 1.67. The summed E-state index contributed by atoms with van der Waals surface area (Å²) >= 11 is 12.5. The van der Waals surface area contributed by atoms with Crippen molar-refractivity contribution in [2.45, 2.75) is 12.5 Å². The van der Waals surface area contributed by atoms with Gasteiger partial charge in [0.05, 0.1) is 33.4 Å². The number of hydrogen-bond acceptors (Lipinski definition) is 8. The van der Waals surface area contributed by atoms with E-state index in [2.05, 4.69) is 25.4 Å². The number of anilines is 2. The molecule has 1 atom stereocenters. The van der Waals surface area contributed by atoms with Gasteiger partial charge in [-0.1, -0.05) is 46.6 Å². The highest BCUT2D eigenvalue weighted by atomic mass is 35.5. The molecule has 4 aromatic rings. The summed E-state index contributed by atoms with van der Waals surface area (Å²) in [7, 11) is 0. The third-order valence-electron chi connectivity index (χ3n) is 5.27. The van der Waals surface area contributed by atoms with Crippen LogP contribution >= 0.6 is 23.2 Å². The molecule has 2 aromatic heterocycles. The van der Waals surface area contributed by atoms with E-state index < -0.39 is 5.69 Å². The molecule has 1 unspecified atom stereocenters. The molecule has 34 heavy (non-hydrogen) atoms. The minimum atomic E-state index is -0.609. The molecule has 0 amide bonds. The highest BCUT2D eigenvalue weighted by molar-refractivity contribution is 6.37. The normalized spacial score (nSPS) is 15.3. The summed E-state index contributed by atoms with van der Waals surface area (Å²) in [6, 6.07) is 12.2. The zero-order valence-electron chi connectivity index (χ0n) is 17.4. The lowest BCUT2D eigenvalue weighted by Gasteiger charge is -2.12. The zero-order valence-corrected chi connectivity index (χ0v) is 18.9. The van der Waals surface area contributed by atoms with Crippen molar-refractivity contribution in [2.24, 2.45) is 5.16 Å². The smallest absolute Gasteiger partial charge is 0.333 e. The Kier molecular flexibility index (Phi) is 5.78. The summed E-state index contributed by atoms with van der Waals surface area (Å²) in [4.78, 5) is 29.2. The Balaban J connectivity index is 1.44. The van der Waals surface area contributed by atoms with E-state index in [1.807, 2.05) is 24.3 Å². The first-order chi connectivity index (χ1) is 16.4. The number of para-hydroxylation sites is 1. The van der Waals surface area contributed by atoms with Gasteiger partial charge in [-0.3, -0.25) is 10.4 Å². The number of nitrogens with one attached hydrogen (secondary N) is 3. The topological polar surface area (TPSA) is 141 Å². The Morgan fingerprint density at radius 1 is 1.21 bits per heavy atom. The van der Waals surface area contributed by atoms with E-state index in [9.17, 15) is 9.90 Å². The average Bonchev–Trinajstić information content (AvgIpc) is 3.31. The minimum absolute atomic E-state index is 0.0838. The van der Waals surface area contributed by atoms with Crippen LogP contribution in [0, 0.1) is 5.41 Å². The van der Waals surface area contributed by atoms with E-state index in [1.54, 1.807) is 18.2 Å². The van der Waals surface area contributed by atoms with Crippen molar-refractivity contribution in [2.75, 3.05) is 11.9 Å². The molecule has 0 radical (unpaired) electrons. The molecule has 0 bridgehead atoms. The van der Waals surface area contributed by atoms with Crippen LogP contribution in [0.5, 0.6) is 0 Å². The van der Waals surface area contributed by atoms with Crippen LogP contribution < -0.4 is 16.5 Å². The summed E-state index contributed by atoms with van der Waals surface area (Å²) in [5.41, 5.74) is 2.00. The number of aliphatic hydroxyl groups is 1. The predicted octanol–water partition coefficient (Wildman–Crippen LogP) is 3.12. The van der Waals surface area contributed by atoms with E-state index >= 15 is 0 Å². The Hall–Kier alpha value is -3.73. The molecule has 0 aliphatic carbocycles. The molecule has 172 valence electrons. The molecule has 12 heteroatoms. The first-order valence-corrected chi connectivity index (χ1v) is 10.9. The number of aromatic nitrogens is 4. The average molecular weight is 498 g/mol. The van der Waals surface area contributed by atoms with Gasteiger partial charge in [0, 0.05) is 18.3 Å². The van der Waals surface area contributed by atoms with E-state index in [-0.39, 0.29) is 45.5 Å².